The van der Waals surface area contributed by atoms with Crippen LogP contribution < -0.4 is 33.5 Å². The first-order chi connectivity index (χ1) is 48.8. The number of nitro benzene ring substituents is 2. The zero-order chi connectivity index (χ0) is 74.5. The molecule has 0 aliphatic carbocycles. The molecule has 550 valence electrons. The number of hydrogen-bond acceptors (Lipinski definition) is 18. The van der Waals surface area contributed by atoms with Gasteiger partial charge in [-0.25, -0.2) is 0 Å². The summed E-state index contributed by atoms with van der Waals surface area (Å²) < 4.78 is 83.9. The number of ether oxygens (including phenoxy) is 4. The number of nitro groups is 2. The zero-order valence-corrected chi connectivity index (χ0v) is 65.5. The number of unbranched alkanes of at least 4 members (excludes halogenated alkanes) is 1. The molecule has 0 unspecified atom stereocenters. The minimum atomic E-state index is -9.19. The molecule has 0 fully saturated rings. The molecule has 33 heteroatoms. The van der Waals surface area contributed by atoms with Crippen LogP contribution in [0.5, 0.6) is 23.3 Å². The van der Waals surface area contributed by atoms with E-state index < -0.39 is 36.3 Å². The first-order valence-electron chi connectivity index (χ1n) is 33.0. The number of benzene rings is 6. The Labute approximate surface area is 629 Å². The molecule has 12 rings (SSSR count). The Bertz CT molecular complexity index is 4590. The number of nitrogens with zero attached hydrogens (tertiary/aromatic N) is 12. The predicted octanol–water partition coefficient (Wildman–Crippen LogP) is 19.5. The van der Waals surface area contributed by atoms with E-state index in [1.165, 1.54) is 80.7 Å². The topological polar surface area (TPSA) is 195 Å². The quantitative estimate of drug-likeness (QED) is 0.0142. The van der Waals surface area contributed by atoms with E-state index in [0.29, 0.717) is 21.0 Å². The molecule has 20 nitrogen and oxygen atoms in total. The van der Waals surface area contributed by atoms with Crippen molar-refractivity contribution in [3.05, 3.63) is 194 Å². The van der Waals surface area contributed by atoms with E-state index in [2.05, 4.69) is 192 Å². The van der Waals surface area contributed by atoms with Gasteiger partial charge in [0.2, 0.25) is 33.1 Å². The van der Waals surface area contributed by atoms with Crippen LogP contribution in [0.2, 0.25) is 10.0 Å². The molecule has 6 aromatic carbocycles. The van der Waals surface area contributed by atoms with E-state index in [4.69, 9.17) is 66.6 Å². The van der Waals surface area contributed by atoms with Gasteiger partial charge in [0.1, 0.15) is 24.5 Å². The van der Waals surface area contributed by atoms with E-state index in [9.17, 15) is 34.3 Å². The second kappa shape index (κ2) is 32.5. The van der Waals surface area contributed by atoms with Gasteiger partial charge in [0, 0.05) is 133 Å². The second-order valence-corrected chi connectivity index (χ2v) is 32.5. The Morgan fingerprint density at radius 3 is 1.22 bits per heavy atom. The number of rotatable bonds is 19. The van der Waals surface area contributed by atoms with Crippen LogP contribution in [0.25, 0.3) is 12.2 Å². The first-order valence-corrected chi connectivity index (χ1v) is 41.0. The van der Waals surface area contributed by atoms with Gasteiger partial charge >= 0.3 is 40.5 Å². The minimum absolute atomic E-state index is 0. The van der Waals surface area contributed by atoms with Gasteiger partial charge in [-0.1, -0.05) is 70.1 Å². The third-order valence-corrected chi connectivity index (χ3v) is 20.7. The average Bonchev–Trinajstić information content (AvgIpc) is 1.59. The van der Waals surface area contributed by atoms with Crippen molar-refractivity contribution in [1.82, 2.24) is 9.13 Å². The molecule has 0 radical (unpaired) electrons. The van der Waals surface area contributed by atoms with Gasteiger partial charge in [-0.05, 0) is 178 Å². The van der Waals surface area contributed by atoms with Gasteiger partial charge in [0.05, 0.1) is 20.7 Å². The molecular weight excluding hydrogens is 1580 g/mol. The van der Waals surface area contributed by atoms with Crippen LogP contribution in [0.4, 0.5) is 69.6 Å². The fourth-order valence-electron chi connectivity index (χ4n) is 12.5. The fraction of sp³-hybridized carbons (Fsp3) is 0.324. The third-order valence-electron chi connectivity index (χ3n) is 17.6. The van der Waals surface area contributed by atoms with E-state index in [-0.39, 0.29) is 71.5 Å². The van der Waals surface area contributed by atoms with Gasteiger partial charge < -0.3 is 33.5 Å². The zero-order valence-electron chi connectivity index (χ0n) is 58.2. The van der Waals surface area contributed by atoms with Crippen molar-refractivity contribution in [3.8, 4) is 23.3 Å². The molecule has 0 atom stereocenters. The van der Waals surface area contributed by atoms with E-state index in [1.807, 2.05) is 26.0 Å². The van der Waals surface area contributed by atoms with Crippen LogP contribution in [0.15, 0.2) is 154 Å². The summed E-state index contributed by atoms with van der Waals surface area (Å²) >= 11 is 17.3. The molecule has 0 saturated carbocycles. The van der Waals surface area contributed by atoms with Crippen LogP contribution in [-0.2, 0) is 23.9 Å². The van der Waals surface area contributed by atoms with Crippen molar-refractivity contribution < 1.29 is 56.7 Å². The maximum atomic E-state index is 11.6. The van der Waals surface area contributed by atoms with Crippen molar-refractivity contribution in [2.45, 2.75) is 112 Å². The van der Waals surface area contributed by atoms with E-state index in [1.54, 1.807) is 9.13 Å². The summed E-state index contributed by atoms with van der Waals surface area (Å²) in [6, 6.07) is 37.9. The third kappa shape index (κ3) is 18.1. The molecule has 0 amide bonds. The van der Waals surface area contributed by atoms with Crippen molar-refractivity contribution in [3.63, 3.8) is 0 Å². The van der Waals surface area contributed by atoms with Crippen LogP contribution in [0.1, 0.15) is 104 Å². The summed E-state index contributed by atoms with van der Waals surface area (Å²) in [6.45, 7) is 28.3. The van der Waals surface area contributed by atoms with Crippen LogP contribution in [0, 0.1) is 28.1 Å². The Kier molecular flexibility index (Phi) is 25.0. The van der Waals surface area contributed by atoms with Crippen LogP contribution >= 0.6 is 70.3 Å². The Morgan fingerprint density at radius 2 is 0.894 bits per heavy atom. The summed E-state index contributed by atoms with van der Waals surface area (Å²) in [4.78, 5) is 26.7. The Hall–Kier alpha value is -8.38. The van der Waals surface area contributed by atoms with Crippen molar-refractivity contribution in [1.29, 1.82) is 0 Å². The second-order valence-electron chi connectivity index (χ2n) is 24.8. The van der Waals surface area contributed by atoms with E-state index in [0.717, 1.165) is 97.0 Å². The summed E-state index contributed by atoms with van der Waals surface area (Å²) in [5, 5.41) is 42.0. The molecule has 0 bridgehead atoms. The number of halogens is 8. The van der Waals surface area contributed by atoms with Crippen molar-refractivity contribution in [2.75, 3.05) is 49.1 Å². The Morgan fingerprint density at radius 1 is 0.538 bits per heavy atom. The summed E-state index contributed by atoms with van der Waals surface area (Å²) in [7, 11) is 0. The Balaban J connectivity index is 0.000000226. The first kappa shape index (κ1) is 79.7. The summed E-state index contributed by atoms with van der Waals surface area (Å²) in [5.41, 5.74) is 11.7. The number of azo groups is 2. The normalized spacial score (nSPS) is 16.2. The molecular formula is C71H74Cl2F6N12O8S4Sb+. The molecule has 2 aromatic heterocycles. The monoisotopic (exact) mass is 1660 g/mol. The predicted molar refractivity (Wildman–Crippen MR) is 405 cm³/mol. The molecule has 0 N–H and O–H groups in total. The van der Waals surface area contributed by atoms with Crippen molar-refractivity contribution >= 4 is 170 Å². The van der Waals surface area contributed by atoms with Crippen LogP contribution in [0.3, 0.4) is 0 Å². The fourth-order valence-corrected chi connectivity index (χ4v) is 15.3. The van der Waals surface area contributed by atoms with Gasteiger partial charge in [-0.2, -0.15) is 9.15 Å². The van der Waals surface area contributed by atoms with Gasteiger partial charge in [-0.3, -0.25) is 29.4 Å². The molecule has 1 spiro atoms. The molecule has 4 aliphatic heterocycles. The van der Waals surface area contributed by atoms with Gasteiger partial charge in [0.25, 0.3) is 11.4 Å². The number of non-ortho nitro benzene ring substituents is 2. The average molecular weight is 1660 g/mol. The van der Waals surface area contributed by atoms with Gasteiger partial charge in [0.15, 0.2) is 30.8 Å². The van der Waals surface area contributed by atoms with Crippen molar-refractivity contribution in [2.24, 2.45) is 20.5 Å². The number of anilines is 2. The standard InChI is InChI=1S/C48H58Cl2N4.C23H16N8O8S4.6FH.Sb/c1-9-51(10-2)39-23-15-35(16-24-39)19-29-45-47(5,6)41-27-21-37(49)33-43(41)53(45)31-13-14-32-54-44-34-38(50)22-28-42(44)48(7,8)46(54)30-20-36-17-25-40(26-18-36)52(11-3)12-4;1-3-28-19-17(42-21(28)40)26-24-13-9-11(30(32)33)5-7-15(13)36-23(38-19)37-16-8-6-12(31(34)35)10-14(16)25-27-18-20(39-23)29(4-2)22(41)43-18;;;;;;;/h15-30,33-34H,9-14,31-32H2,1-8H3;5-10H,3-4H2,1-2H3;6*1H;/q+2;;;;;;;;+5/p-6. The molecule has 104 heavy (non-hydrogen) atoms. The van der Waals surface area contributed by atoms with Gasteiger partial charge in [-0.15, -0.1) is 20.5 Å². The molecule has 8 aromatic rings. The molecule has 6 heterocycles. The number of fused-ring (bicyclic) bond motifs is 6. The summed E-state index contributed by atoms with van der Waals surface area (Å²) in [5.74, 6) is -0.0283. The molecule has 0 saturated heterocycles. The molecule has 4 aliphatic rings. The maximum absolute atomic E-state index is 11.6. The number of aromatic nitrogens is 2. The summed E-state index contributed by atoms with van der Waals surface area (Å²) in [6.07, 6.45) is 8.66. The van der Waals surface area contributed by atoms with E-state index >= 15 is 0 Å². The number of hydrogen-bond donors (Lipinski definition) is 0. The van der Waals surface area contributed by atoms with Crippen LogP contribution in [-0.4, -0.2) is 105 Å². The number of allylic oxidation sites excluding steroid dienone is 2. The SMILES string of the molecule is CCN(CC)c1ccc(/C=C/C2=[N+](CCCC[N+]3=C(/C=C/c4ccc(N(CC)CC)cc4)C(C)(C)c4ccc(Cl)cc43)c3cc(Cl)ccc3C2(C)C)cc1.CCn1c2c(sc1=S)N=Nc1cc([N+](=O)[O-])ccc1OC1(Oc3ccc([N+](=O)[O-])cc3N=Nc3sc(=S)n(CC)c3O1)O2.[F-].[F][Sb]([F])([F])([F])[F]. The number of thiazole rings is 2.